The molecule has 2 N–H and O–H groups in total. The van der Waals surface area contributed by atoms with Gasteiger partial charge in [0.2, 0.25) is 0 Å². The number of carbonyl (C=O) groups excluding carboxylic acids is 2. The Bertz CT molecular complexity index is 773. The fourth-order valence-corrected chi connectivity index (χ4v) is 2.18. The van der Waals surface area contributed by atoms with Crippen molar-refractivity contribution in [2.45, 2.75) is 32.9 Å². The van der Waals surface area contributed by atoms with E-state index in [4.69, 9.17) is 4.74 Å². The number of aryl methyl sites for hydroxylation is 1. The van der Waals surface area contributed by atoms with Gasteiger partial charge in [-0.25, -0.2) is 9.18 Å². The molecular formula is C19H20FNO4. The number of hydrogen-bond donors (Lipinski definition) is 2. The highest BCUT2D eigenvalue weighted by molar-refractivity contribution is 5.92. The Labute approximate surface area is 145 Å². The summed E-state index contributed by atoms with van der Waals surface area (Å²) in [6.07, 6.45) is -1.01. The van der Waals surface area contributed by atoms with Gasteiger partial charge in [-0.1, -0.05) is 18.2 Å². The second-order valence-electron chi connectivity index (χ2n) is 5.83. The van der Waals surface area contributed by atoms with Crippen molar-refractivity contribution in [3.05, 3.63) is 65.0 Å². The van der Waals surface area contributed by atoms with Gasteiger partial charge in [-0.05, 0) is 56.2 Å². The molecule has 6 heteroatoms. The van der Waals surface area contributed by atoms with Crippen molar-refractivity contribution in [2.75, 3.05) is 0 Å². The van der Waals surface area contributed by atoms with Gasteiger partial charge in [0.05, 0.1) is 11.6 Å². The maximum absolute atomic E-state index is 12.9. The minimum atomic E-state index is -1.01. The van der Waals surface area contributed by atoms with Crippen molar-refractivity contribution >= 4 is 11.9 Å². The minimum absolute atomic E-state index is 0.0171. The maximum atomic E-state index is 12.9. The Kier molecular flexibility index (Phi) is 5.75. The van der Waals surface area contributed by atoms with Gasteiger partial charge in [0.25, 0.3) is 5.91 Å². The number of nitrogens with one attached hydrogen (secondary N) is 1. The smallest absolute Gasteiger partial charge is 0.339 e. The van der Waals surface area contributed by atoms with Crippen LogP contribution in [0.25, 0.3) is 0 Å². The number of carbonyl (C=O) groups is 2. The average molecular weight is 345 g/mol. The van der Waals surface area contributed by atoms with Gasteiger partial charge in [0.15, 0.2) is 6.10 Å². The van der Waals surface area contributed by atoms with Crippen molar-refractivity contribution in [2.24, 2.45) is 0 Å². The van der Waals surface area contributed by atoms with E-state index in [-0.39, 0.29) is 23.2 Å². The van der Waals surface area contributed by atoms with Crippen LogP contribution in [0.15, 0.2) is 42.5 Å². The van der Waals surface area contributed by atoms with E-state index in [1.165, 1.54) is 31.2 Å². The summed E-state index contributed by atoms with van der Waals surface area (Å²) in [5.41, 5.74) is 1.53. The summed E-state index contributed by atoms with van der Waals surface area (Å²) >= 11 is 0. The van der Waals surface area contributed by atoms with Crippen LogP contribution in [0, 0.1) is 12.7 Å². The zero-order valence-corrected chi connectivity index (χ0v) is 14.2. The molecule has 0 bridgehead atoms. The van der Waals surface area contributed by atoms with E-state index in [0.717, 1.165) is 5.56 Å². The van der Waals surface area contributed by atoms with Crippen LogP contribution in [0.2, 0.25) is 0 Å². The number of hydrogen-bond acceptors (Lipinski definition) is 4. The summed E-state index contributed by atoms with van der Waals surface area (Å²) in [7, 11) is 0. The number of phenolic OH excluding ortho intramolecular Hbond substituents is 1. The van der Waals surface area contributed by atoms with Crippen molar-refractivity contribution < 1.29 is 23.8 Å². The molecule has 0 aliphatic carbocycles. The monoisotopic (exact) mass is 345 g/mol. The van der Waals surface area contributed by atoms with Gasteiger partial charge < -0.3 is 15.2 Å². The Morgan fingerprint density at radius 1 is 1.12 bits per heavy atom. The number of ether oxygens (including phenoxy) is 1. The summed E-state index contributed by atoms with van der Waals surface area (Å²) in [5.74, 6) is -1.55. The zero-order chi connectivity index (χ0) is 18.6. The predicted octanol–water partition coefficient (Wildman–Crippen LogP) is 3.26. The quantitative estimate of drug-likeness (QED) is 0.816. The van der Waals surface area contributed by atoms with Crippen LogP contribution in [-0.2, 0) is 9.53 Å². The van der Waals surface area contributed by atoms with E-state index < -0.39 is 18.0 Å². The van der Waals surface area contributed by atoms with Crippen LogP contribution in [0.3, 0.4) is 0 Å². The van der Waals surface area contributed by atoms with Crippen LogP contribution in [0.5, 0.6) is 5.75 Å². The Hall–Kier alpha value is -2.89. The van der Waals surface area contributed by atoms with Crippen LogP contribution in [0.4, 0.5) is 4.39 Å². The lowest BCUT2D eigenvalue weighted by molar-refractivity contribution is -0.129. The molecule has 2 aromatic carbocycles. The Morgan fingerprint density at radius 3 is 2.36 bits per heavy atom. The van der Waals surface area contributed by atoms with Crippen LogP contribution < -0.4 is 5.32 Å². The molecule has 0 saturated heterocycles. The summed E-state index contributed by atoms with van der Waals surface area (Å²) < 4.78 is 18.1. The van der Waals surface area contributed by atoms with E-state index in [0.29, 0.717) is 5.56 Å². The number of halogens is 1. The van der Waals surface area contributed by atoms with E-state index in [1.807, 2.05) is 0 Å². The molecule has 132 valence electrons. The second-order valence-corrected chi connectivity index (χ2v) is 5.83. The first-order chi connectivity index (χ1) is 11.8. The van der Waals surface area contributed by atoms with Crippen molar-refractivity contribution in [1.29, 1.82) is 0 Å². The molecule has 0 saturated carbocycles. The molecular weight excluding hydrogens is 325 g/mol. The molecule has 2 unspecified atom stereocenters. The van der Waals surface area contributed by atoms with Gasteiger partial charge in [-0.2, -0.15) is 0 Å². The molecule has 0 radical (unpaired) electrons. The predicted molar refractivity (Wildman–Crippen MR) is 90.7 cm³/mol. The number of amides is 1. The first-order valence-corrected chi connectivity index (χ1v) is 7.84. The van der Waals surface area contributed by atoms with Crippen LogP contribution >= 0.6 is 0 Å². The fourth-order valence-electron chi connectivity index (χ4n) is 2.18. The van der Waals surface area contributed by atoms with Crippen molar-refractivity contribution in [1.82, 2.24) is 5.32 Å². The molecule has 2 atom stereocenters. The molecule has 2 rings (SSSR count). The van der Waals surface area contributed by atoms with Crippen LogP contribution in [-0.4, -0.2) is 23.1 Å². The second kappa shape index (κ2) is 7.79. The first-order valence-electron chi connectivity index (χ1n) is 7.84. The number of aromatic hydroxyl groups is 1. The molecule has 0 aliphatic rings. The number of benzene rings is 2. The minimum Gasteiger partial charge on any atom is -0.508 e. The average Bonchev–Trinajstić information content (AvgIpc) is 2.57. The maximum Gasteiger partial charge on any atom is 0.339 e. The van der Waals surface area contributed by atoms with E-state index in [1.54, 1.807) is 32.0 Å². The molecule has 25 heavy (non-hydrogen) atoms. The lowest BCUT2D eigenvalue weighted by Crippen LogP contribution is -2.37. The van der Waals surface area contributed by atoms with Crippen molar-refractivity contribution in [3.63, 3.8) is 0 Å². The summed E-state index contributed by atoms with van der Waals surface area (Å²) in [5, 5.41) is 12.3. The molecule has 0 aromatic heterocycles. The third-order valence-electron chi connectivity index (χ3n) is 3.83. The highest BCUT2D eigenvalue weighted by Gasteiger charge is 2.21. The van der Waals surface area contributed by atoms with Gasteiger partial charge in [-0.3, -0.25) is 4.79 Å². The lowest BCUT2D eigenvalue weighted by atomic mass is 10.1. The van der Waals surface area contributed by atoms with Gasteiger partial charge in [-0.15, -0.1) is 0 Å². The summed E-state index contributed by atoms with van der Waals surface area (Å²) in [6, 6.07) is 9.81. The Morgan fingerprint density at radius 2 is 1.76 bits per heavy atom. The van der Waals surface area contributed by atoms with E-state index in [9.17, 15) is 19.1 Å². The highest BCUT2D eigenvalue weighted by atomic mass is 19.1. The molecule has 5 nitrogen and oxygen atoms in total. The molecule has 0 spiro atoms. The Balaban J connectivity index is 1.96. The number of rotatable bonds is 5. The van der Waals surface area contributed by atoms with Gasteiger partial charge >= 0.3 is 5.97 Å². The number of esters is 1. The molecule has 0 heterocycles. The van der Waals surface area contributed by atoms with Crippen LogP contribution in [0.1, 0.15) is 41.4 Å². The standard InChI is InChI=1S/C19H20FNO4/c1-11-4-5-15(10-17(11)22)19(24)25-13(3)18(23)21-12(2)14-6-8-16(20)9-7-14/h4-10,12-13,22H,1-3H3,(H,21,23). The third-order valence-corrected chi connectivity index (χ3v) is 3.83. The van der Waals surface area contributed by atoms with Gasteiger partial charge in [0.1, 0.15) is 11.6 Å². The SMILES string of the molecule is Cc1ccc(C(=O)OC(C)C(=O)NC(C)c2ccc(F)cc2)cc1O. The van der Waals surface area contributed by atoms with Crippen molar-refractivity contribution in [3.8, 4) is 5.75 Å². The normalized spacial score (nSPS) is 13.0. The summed E-state index contributed by atoms with van der Waals surface area (Å²) in [6.45, 7) is 4.91. The lowest BCUT2D eigenvalue weighted by Gasteiger charge is -2.18. The highest BCUT2D eigenvalue weighted by Crippen LogP contribution is 2.18. The summed E-state index contributed by atoms with van der Waals surface area (Å²) in [4.78, 5) is 24.2. The van der Waals surface area contributed by atoms with E-state index in [2.05, 4.69) is 5.32 Å². The van der Waals surface area contributed by atoms with Gasteiger partial charge in [0, 0.05) is 0 Å². The molecule has 2 aromatic rings. The number of phenols is 1. The fraction of sp³-hybridized carbons (Fsp3) is 0.263. The first kappa shape index (κ1) is 18.4. The molecule has 0 fully saturated rings. The third kappa shape index (κ3) is 4.79. The molecule has 1 amide bonds. The zero-order valence-electron chi connectivity index (χ0n) is 14.2. The van der Waals surface area contributed by atoms with E-state index >= 15 is 0 Å². The largest absolute Gasteiger partial charge is 0.508 e. The topological polar surface area (TPSA) is 75.6 Å². The molecule has 0 aliphatic heterocycles.